The lowest BCUT2D eigenvalue weighted by Gasteiger charge is -2.30. The SMILES string of the molecule is CC1C[C@H](NC=O)CC[C@@H]1O. The van der Waals surface area contributed by atoms with Gasteiger partial charge >= 0.3 is 0 Å². The molecule has 3 nitrogen and oxygen atoms in total. The summed E-state index contributed by atoms with van der Waals surface area (Å²) in [7, 11) is 0. The highest BCUT2D eigenvalue weighted by Crippen LogP contribution is 2.23. The van der Waals surface area contributed by atoms with Gasteiger partial charge in [-0.05, 0) is 25.2 Å². The number of nitrogens with one attached hydrogen (secondary N) is 1. The summed E-state index contributed by atoms with van der Waals surface area (Å²) in [6.07, 6.45) is 3.20. The first kappa shape index (κ1) is 8.53. The summed E-state index contributed by atoms with van der Waals surface area (Å²) in [6.45, 7) is 2.02. The first-order valence-corrected chi connectivity index (χ1v) is 4.11. The Kier molecular flexibility index (Phi) is 2.88. The molecule has 1 rings (SSSR count). The maximum atomic E-state index is 10.1. The van der Waals surface area contributed by atoms with E-state index in [1.807, 2.05) is 6.92 Å². The molecule has 3 atom stereocenters. The minimum Gasteiger partial charge on any atom is -0.393 e. The molecule has 0 aliphatic heterocycles. The van der Waals surface area contributed by atoms with Crippen molar-refractivity contribution in [1.29, 1.82) is 0 Å². The molecule has 0 saturated heterocycles. The second-order valence-corrected chi connectivity index (χ2v) is 3.34. The molecule has 0 heterocycles. The topological polar surface area (TPSA) is 49.3 Å². The maximum Gasteiger partial charge on any atom is 0.207 e. The van der Waals surface area contributed by atoms with Crippen molar-refractivity contribution in [2.24, 2.45) is 5.92 Å². The van der Waals surface area contributed by atoms with Crippen LogP contribution in [0.2, 0.25) is 0 Å². The summed E-state index contributed by atoms with van der Waals surface area (Å²) in [5, 5.41) is 12.1. The molecular formula is C8H15NO2. The van der Waals surface area contributed by atoms with E-state index in [2.05, 4.69) is 5.32 Å². The third kappa shape index (κ3) is 2.19. The molecule has 1 saturated carbocycles. The number of aliphatic hydroxyl groups is 1. The first-order valence-electron chi connectivity index (χ1n) is 4.11. The second-order valence-electron chi connectivity index (χ2n) is 3.34. The minimum absolute atomic E-state index is 0.167. The largest absolute Gasteiger partial charge is 0.393 e. The second kappa shape index (κ2) is 3.72. The van der Waals surface area contributed by atoms with Gasteiger partial charge in [0, 0.05) is 6.04 Å². The molecule has 3 heteroatoms. The fourth-order valence-electron chi connectivity index (χ4n) is 1.63. The van der Waals surface area contributed by atoms with E-state index in [4.69, 9.17) is 0 Å². The number of carbonyl (C=O) groups excluding carboxylic acids is 1. The number of rotatable bonds is 2. The van der Waals surface area contributed by atoms with Gasteiger partial charge in [0.25, 0.3) is 0 Å². The van der Waals surface area contributed by atoms with Crippen molar-refractivity contribution in [1.82, 2.24) is 5.32 Å². The predicted octanol–water partition coefficient (Wildman–Crippen LogP) is 0.282. The summed E-state index contributed by atoms with van der Waals surface area (Å²) >= 11 is 0. The third-order valence-corrected chi connectivity index (χ3v) is 2.43. The Hall–Kier alpha value is -0.570. The number of aliphatic hydroxyl groups excluding tert-OH is 1. The number of amides is 1. The Labute approximate surface area is 66.8 Å². The van der Waals surface area contributed by atoms with Crippen LogP contribution in [0, 0.1) is 5.92 Å². The summed E-state index contributed by atoms with van der Waals surface area (Å²) in [4.78, 5) is 10.1. The van der Waals surface area contributed by atoms with Crippen molar-refractivity contribution in [2.45, 2.75) is 38.3 Å². The fraction of sp³-hybridized carbons (Fsp3) is 0.875. The molecule has 1 amide bonds. The third-order valence-electron chi connectivity index (χ3n) is 2.43. The lowest BCUT2D eigenvalue weighted by molar-refractivity contribution is -0.110. The molecule has 1 unspecified atom stereocenters. The summed E-state index contributed by atoms with van der Waals surface area (Å²) < 4.78 is 0. The van der Waals surface area contributed by atoms with Crippen LogP contribution in [-0.2, 0) is 4.79 Å². The highest BCUT2D eigenvalue weighted by Gasteiger charge is 2.25. The number of hydrogen-bond acceptors (Lipinski definition) is 2. The molecule has 0 aromatic rings. The summed E-state index contributed by atoms with van der Waals surface area (Å²) in [5.74, 6) is 0.321. The van der Waals surface area contributed by atoms with E-state index in [1.165, 1.54) is 0 Å². The molecule has 2 N–H and O–H groups in total. The smallest absolute Gasteiger partial charge is 0.207 e. The van der Waals surface area contributed by atoms with Crippen LogP contribution in [0.3, 0.4) is 0 Å². The molecule has 11 heavy (non-hydrogen) atoms. The van der Waals surface area contributed by atoms with Gasteiger partial charge in [-0.1, -0.05) is 6.92 Å². The molecule has 1 aliphatic carbocycles. The van der Waals surface area contributed by atoms with Crippen LogP contribution in [0.1, 0.15) is 26.2 Å². The van der Waals surface area contributed by atoms with E-state index in [1.54, 1.807) is 0 Å². The van der Waals surface area contributed by atoms with Crippen LogP contribution in [-0.4, -0.2) is 23.7 Å². The Morgan fingerprint density at radius 3 is 2.82 bits per heavy atom. The molecular weight excluding hydrogens is 142 g/mol. The molecule has 0 aromatic carbocycles. The van der Waals surface area contributed by atoms with E-state index in [-0.39, 0.29) is 12.1 Å². The fourth-order valence-corrected chi connectivity index (χ4v) is 1.63. The van der Waals surface area contributed by atoms with Crippen molar-refractivity contribution < 1.29 is 9.90 Å². The van der Waals surface area contributed by atoms with E-state index < -0.39 is 0 Å². The Bertz CT molecular complexity index is 138. The van der Waals surface area contributed by atoms with Gasteiger partial charge in [0.1, 0.15) is 0 Å². The molecule has 0 aromatic heterocycles. The molecule has 1 aliphatic rings. The standard InChI is InChI=1S/C8H15NO2/c1-6-4-7(9-5-10)2-3-8(6)11/h5-8,11H,2-4H2,1H3,(H,9,10)/t6?,7-,8+/m1/s1. The van der Waals surface area contributed by atoms with Crippen molar-refractivity contribution >= 4 is 6.41 Å². The van der Waals surface area contributed by atoms with E-state index in [9.17, 15) is 9.90 Å². The zero-order valence-corrected chi connectivity index (χ0v) is 6.79. The zero-order valence-electron chi connectivity index (χ0n) is 6.79. The van der Waals surface area contributed by atoms with Gasteiger partial charge in [0.05, 0.1) is 6.10 Å². The quantitative estimate of drug-likeness (QED) is 0.566. The molecule has 0 radical (unpaired) electrons. The lowest BCUT2D eigenvalue weighted by atomic mass is 9.85. The van der Waals surface area contributed by atoms with Crippen LogP contribution >= 0.6 is 0 Å². The van der Waals surface area contributed by atoms with Gasteiger partial charge in [0.2, 0.25) is 6.41 Å². The van der Waals surface area contributed by atoms with Gasteiger partial charge in [-0.25, -0.2) is 0 Å². The molecule has 1 fully saturated rings. The molecule has 0 spiro atoms. The van der Waals surface area contributed by atoms with Crippen LogP contribution in [0.15, 0.2) is 0 Å². The van der Waals surface area contributed by atoms with Gasteiger partial charge in [-0.2, -0.15) is 0 Å². The lowest BCUT2D eigenvalue weighted by Crippen LogP contribution is -2.38. The first-order chi connectivity index (χ1) is 5.24. The van der Waals surface area contributed by atoms with Crippen molar-refractivity contribution in [3.63, 3.8) is 0 Å². The highest BCUT2D eigenvalue weighted by atomic mass is 16.3. The minimum atomic E-state index is -0.167. The molecule has 0 bridgehead atoms. The van der Waals surface area contributed by atoms with E-state index in [0.717, 1.165) is 25.7 Å². The van der Waals surface area contributed by atoms with Crippen LogP contribution in [0.4, 0.5) is 0 Å². The van der Waals surface area contributed by atoms with Crippen molar-refractivity contribution in [2.75, 3.05) is 0 Å². The zero-order chi connectivity index (χ0) is 8.27. The Morgan fingerprint density at radius 1 is 1.55 bits per heavy atom. The van der Waals surface area contributed by atoms with Gasteiger partial charge < -0.3 is 10.4 Å². The number of hydrogen-bond donors (Lipinski definition) is 2. The summed E-state index contributed by atoms with van der Waals surface area (Å²) in [5.41, 5.74) is 0. The maximum absolute atomic E-state index is 10.1. The Morgan fingerprint density at radius 2 is 2.27 bits per heavy atom. The van der Waals surface area contributed by atoms with Gasteiger partial charge in [-0.3, -0.25) is 4.79 Å². The molecule has 64 valence electrons. The van der Waals surface area contributed by atoms with Crippen molar-refractivity contribution in [3.05, 3.63) is 0 Å². The van der Waals surface area contributed by atoms with Gasteiger partial charge in [0.15, 0.2) is 0 Å². The monoisotopic (exact) mass is 157 g/mol. The van der Waals surface area contributed by atoms with Crippen LogP contribution in [0.5, 0.6) is 0 Å². The normalized spacial score (nSPS) is 38.2. The number of carbonyl (C=O) groups is 1. The average Bonchev–Trinajstić information content (AvgIpc) is 1.98. The van der Waals surface area contributed by atoms with E-state index in [0.29, 0.717) is 5.92 Å². The van der Waals surface area contributed by atoms with Crippen molar-refractivity contribution in [3.8, 4) is 0 Å². The predicted molar refractivity (Wildman–Crippen MR) is 42.0 cm³/mol. The van der Waals surface area contributed by atoms with E-state index >= 15 is 0 Å². The van der Waals surface area contributed by atoms with Crippen LogP contribution < -0.4 is 5.32 Å². The summed E-state index contributed by atoms with van der Waals surface area (Å²) in [6, 6.07) is 0.283. The Balaban J connectivity index is 2.33. The van der Waals surface area contributed by atoms with Gasteiger partial charge in [-0.15, -0.1) is 0 Å². The van der Waals surface area contributed by atoms with Crippen LogP contribution in [0.25, 0.3) is 0 Å². The average molecular weight is 157 g/mol. The highest BCUT2D eigenvalue weighted by molar-refractivity contribution is 5.46.